The molecule has 2 N–H and O–H groups in total. The lowest BCUT2D eigenvalue weighted by Gasteiger charge is -2.11. The lowest BCUT2D eigenvalue weighted by molar-refractivity contribution is 0.173. The third-order valence-corrected chi connectivity index (χ3v) is 2.96. The molecule has 1 heterocycles. The average Bonchev–Trinajstić information content (AvgIpc) is 2.87. The van der Waals surface area contributed by atoms with Gasteiger partial charge in [0.05, 0.1) is 12.6 Å². The number of aryl methyl sites for hydroxylation is 1. The molecule has 3 nitrogen and oxygen atoms in total. The molecular formula is C15H18FNO2. The number of hydrogen-bond donors (Lipinski definition) is 2. The van der Waals surface area contributed by atoms with Gasteiger partial charge in [0, 0.05) is 13.0 Å². The molecule has 1 aromatic carbocycles. The molecule has 0 bridgehead atoms. The van der Waals surface area contributed by atoms with Crippen LogP contribution in [0.1, 0.15) is 30.1 Å². The molecule has 0 fully saturated rings. The van der Waals surface area contributed by atoms with Crippen LogP contribution < -0.4 is 5.32 Å². The summed E-state index contributed by atoms with van der Waals surface area (Å²) in [5.74, 6) is 1.51. The maximum Gasteiger partial charge on any atom is 0.123 e. The Kier molecular flexibility index (Phi) is 4.71. The predicted molar refractivity (Wildman–Crippen MR) is 71.2 cm³/mol. The zero-order valence-electron chi connectivity index (χ0n) is 10.9. The van der Waals surface area contributed by atoms with Gasteiger partial charge in [-0.1, -0.05) is 19.1 Å². The van der Waals surface area contributed by atoms with Gasteiger partial charge in [-0.2, -0.15) is 0 Å². The average molecular weight is 263 g/mol. The highest BCUT2D eigenvalue weighted by Gasteiger charge is 2.07. The van der Waals surface area contributed by atoms with Crippen LogP contribution in [0.4, 0.5) is 4.39 Å². The Morgan fingerprint density at radius 2 is 1.84 bits per heavy atom. The second kappa shape index (κ2) is 6.50. The van der Waals surface area contributed by atoms with Crippen molar-refractivity contribution in [2.45, 2.75) is 26.0 Å². The predicted octanol–water partition coefficient (Wildman–Crippen LogP) is 2.80. The number of nitrogens with one attached hydrogen (secondary N) is 1. The fourth-order valence-electron chi connectivity index (χ4n) is 1.84. The fraction of sp³-hybridized carbons (Fsp3) is 0.333. The van der Waals surface area contributed by atoms with E-state index in [9.17, 15) is 9.50 Å². The summed E-state index contributed by atoms with van der Waals surface area (Å²) >= 11 is 0. The van der Waals surface area contributed by atoms with Crippen LogP contribution in [-0.2, 0) is 13.0 Å². The molecule has 1 unspecified atom stereocenters. The van der Waals surface area contributed by atoms with E-state index < -0.39 is 6.10 Å². The Morgan fingerprint density at radius 3 is 2.47 bits per heavy atom. The summed E-state index contributed by atoms with van der Waals surface area (Å²) in [5.41, 5.74) is 0.697. The standard InChI is InChI=1S/C15H18FNO2/c1-2-13-7-8-14(19-13)9-17-10-15(18)11-3-5-12(16)6-4-11/h3-8,15,17-18H,2,9-10H2,1H3. The van der Waals surface area contributed by atoms with Crippen LogP contribution in [0.5, 0.6) is 0 Å². The molecule has 2 rings (SSSR count). The van der Waals surface area contributed by atoms with E-state index >= 15 is 0 Å². The SMILES string of the molecule is CCc1ccc(CNCC(O)c2ccc(F)cc2)o1. The van der Waals surface area contributed by atoms with Gasteiger partial charge in [-0.05, 0) is 29.8 Å². The van der Waals surface area contributed by atoms with E-state index in [1.165, 1.54) is 12.1 Å². The summed E-state index contributed by atoms with van der Waals surface area (Å²) in [6, 6.07) is 9.74. The minimum atomic E-state index is -0.652. The first-order chi connectivity index (χ1) is 9.19. The molecule has 0 aliphatic rings. The van der Waals surface area contributed by atoms with Gasteiger partial charge in [-0.15, -0.1) is 0 Å². The summed E-state index contributed by atoms with van der Waals surface area (Å²) in [5, 5.41) is 13.0. The van der Waals surface area contributed by atoms with Gasteiger partial charge in [0.1, 0.15) is 17.3 Å². The molecule has 0 amide bonds. The van der Waals surface area contributed by atoms with E-state index in [1.54, 1.807) is 12.1 Å². The van der Waals surface area contributed by atoms with E-state index in [-0.39, 0.29) is 5.82 Å². The summed E-state index contributed by atoms with van der Waals surface area (Å²) in [7, 11) is 0. The Labute approximate surface area is 112 Å². The normalized spacial score (nSPS) is 12.6. The third kappa shape index (κ3) is 3.91. The minimum absolute atomic E-state index is 0.299. The van der Waals surface area contributed by atoms with Crippen molar-refractivity contribution in [1.29, 1.82) is 0 Å². The van der Waals surface area contributed by atoms with Crippen LogP contribution in [0.3, 0.4) is 0 Å². The van der Waals surface area contributed by atoms with Gasteiger partial charge in [-0.3, -0.25) is 0 Å². The van der Waals surface area contributed by atoms with E-state index in [1.807, 2.05) is 19.1 Å². The fourth-order valence-corrected chi connectivity index (χ4v) is 1.84. The van der Waals surface area contributed by atoms with Gasteiger partial charge in [0.2, 0.25) is 0 Å². The zero-order valence-corrected chi connectivity index (χ0v) is 10.9. The molecule has 19 heavy (non-hydrogen) atoms. The zero-order chi connectivity index (χ0) is 13.7. The lowest BCUT2D eigenvalue weighted by atomic mass is 10.1. The van der Waals surface area contributed by atoms with E-state index in [2.05, 4.69) is 5.32 Å². The van der Waals surface area contributed by atoms with Crippen molar-refractivity contribution in [3.8, 4) is 0 Å². The molecular weight excluding hydrogens is 245 g/mol. The summed E-state index contributed by atoms with van der Waals surface area (Å²) in [6.45, 7) is 3.00. The Hall–Kier alpha value is -1.65. The molecule has 0 saturated heterocycles. The number of rotatable bonds is 6. The van der Waals surface area contributed by atoms with Crippen LogP contribution in [0.25, 0.3) is 0 Å². The highest BCUT2D eigenvalue weighted by Crippen LogP contribution is 2.13. The summed E-state index contributed by atoms with van der Waals surface area (Å²) < 4.78 is 18.3. The van der Waals surface area contributed by atoms with E-state index in [0.717, 1.165) is 17.9 Å². The smallest absolute Gasteiger partial charge is 0.123 e. The summed E-state index contributed by atoms with van der Waals surface area (Å²) in [6.07, 6.45) is 0.222. The van der Waals surface area contributed by atoms with Gasteiger partial charge in [0.15, 0.2) is 0 Å². The van der Waals surface area contributed by atoms with Crippen molar-refractivity contribution in [3.63, 3.8) is 0 Å². The molecule has 4 heteroatoms. The second-order valence-corrected chi connectivity index (χ2v) is 4.42. The van der Waals surface area contributed by atoms with Crippen LogP contribution >= 0.6 is 0 Å². The number of hydrogen-bond acceptors (Lipinski definition) is 3. The molecule has 0 spiro atoms. The van der Waals surface area contributed by atoms with Crippen molar-refractivity contribution in [2.24, 2.45) is 0 Å². The first-order valence-electron chi connectivity index (χ1n) is 6.41. The van der Waals surface area contributed by atoms with Crippen LogP contribution in [0.15, 0.2) is 40.8 Å². The van der Waals surface area contributed by atoms with Crippen LogP contribution in [0.2, 0.25) is 0 Å². The van der Waals surface area contributed by atoms with Crippen LogP contribution in [0, 0.1) is 5.82 Å². The van der Waals surface area contributed by atoms with Crippen molar-refractivity contribution < 1.29 is 13.9 Å². The Morgan fingerprint density at radius 1 is 1.16 bits per heavy atom. The van der Waals surface area contributed by atoms with Gasteiger partial charge in [0.25, 0.3) is 0 Å². The largest absolute Gasteiger partial charge is 0.465 e. The lowest BCUT2D eigenvalue weighted by Crippen LogP contribution is -2.20. The number of aliphatic hydroxyl groups excluding tert-OH is 1. The maximum absolute atomic E-state index is 12.7. The molecule has 2 aromatic rings. The van der Waals surface area contributed by atoms with Crippen molar-refractivity contribution in [1.82, 2.24) is 5.32 Å². The summed E-state index contributed by atoms with van der Waals surface area (Å²) in [4.78, 5) is 0. The second-order valence-electron chi connectivity index (χ2n) is 4.42. The monoisotopic (exact) mass is 263 g/mol. The highest BCUT2D eigenvalue weighted by molar-refractivity contribution is 5.18. The Bertz CT molecular complexity index is 507. The third-order valence-electron chi connectivity index (χ3n) is 2.96. The van der Waals surface area contributed by atoms with Crippen molar-refractivity contribution in [2.75, 3.05) is 6.54 Å². The topological polar surface area (TPSA) is 45.4 Å². The quantitative estimate of drug-likeness (QED) is 0.842. The maximum atomic E-state index is 12.7. The number of furan rings is 1. The number of benzene rings is 1. The highest BCUT2D eigenvalue weighted by atomic mass is 19.1. The molecule has 1 atom stereocenters. The van der Waals surface area contributed by atoms with Crippen molar-refractivity contribution in [3.05, 3.63) is 59.3 Å². The molecule has 0 aliphatic heterocycles. The first kappa shape index (κ1) is 13.8. The molecule has 1 aromatic heterocycles. The minimum Gasteiger partial charge on any atom is -0.465 e. The van der Waals surface area contributed by atoms with E-state index in [0.29, 0.717) is 18.7 Å². The van der Waals surface area contributed by atoms with Gasteiger partial charge >= 0.3 is 0 Å². The molecule has 102 valence electrons. The molecule has 0 aliphatic carbocycles. The first-order valence-corrected chi connectivity index (χ1v) is 6.41. The number of halogens is 1. The molecule has 0 radical (unpaired) electrons. The van der Waals surface area contributed by atoms with Gasteiger partial charge < -0.3 is 14.8 Å². The van der Waals surface area contributed by atoms with Gasteiger partial charge in [-0.25, -0.2) is 4.39 Å². The Balaban J connectivity index is 1.80. The van der Waals surface area contributed by atoms with E-state index in [4.69, 9.17) is 4.42 Å². The van der Waals surface area contributed by atoms with Crippen LogP contribution in [-0.4, -0.2) is 11.7 Å². The number of aliphatic hydroxyl groups is 1. The van der Waals surface area contributed by atoms with Crippen molar-refractivity contribution >= 4 is 0 Å². The molecule has 0 saturated carbocycles.